The van der Waals surface area contributed by atoms with Gasteiger partial charge >= 0.3 is 5.97 Å². The lowest BCUT2D eigenvalue weighted by atomic mass is 10.1. The minimum Gasteiger partial charge on any atom is -0.480 e. The van der Waals surface area contributed by atoms with Crippen LogP contribution in [0.4, 0.5) is 0 Å². The fraction of sp³-hybridized carbons (Fsp3) is 0.300. The molecule has 0 aliphatic heterocycles. The molecule has 1 aliphatic rings. The monoisotopic (exact) mass is 275 g/mol. The summed E-state index contributed by atoms with van der Waals surface area (Å²) in [7, 11) is -3.72. The molecule has 2 unspecified atom stereocenters. The molecule has 2 rings (SSSR count). The average Bonchev–Trinajstić information content (AvgIpc) is 2.91. The highest BCUT2D eigenvalue weighted by Crippen LogP contribution is 2.56. The molecule has 7 heteroatoms. The van der Waals surface area contributed by atoms with Gasteiger partial charge in [0.2, 0.25) is 10.0 Å². The summed E-state index contributed by atoms with van der Waals surface area (Å²) in [5.74, 6) is -1.34. The van der Waals surface area contributed by atoms with E-state index in [1.165, 1.54) is 24.3 Å². The van der Waals surface area contributed by atoms with Gasteiger partial charge in [-0.05, 0) is 24.1 Å². The predicted molar refractivity (Wildman–Crippen MR) is 61.4 cm³/mol. The average molecular weight is 276 g/mol. The number of alkyl halides is 1. The molecule has 0 radical (unpaired) electrons. The summed E-state index contributed by atoms with van der Waals surface area (Å²) in [4.78, 5) is 9.60. The normalized spacial score (nSPS) is 27.8. The molecular weight excluding hydrogens is 266 g/mol. The van der Waals surface area contributed by atoms with Crippen molar-refractivity contribution in [2.45, 2.75) is 22.1 Å². The maximum atomic E-state index is 11.0. The van der Waals surface area contributed by atoms with Crippen LogP contribution >= 0.6 is 11.6 Å². The zero-order valence-corrected chi connectivity index (χ0v) is 10.2. The molecule has 0 amide bonds. The molecule has 1 saturated carbocycles. The van der Waals surface area contributed by atoms with Crippen molar-refractivity contribution in [3.63, 3.8) is 0 Å². The smallest absolute Gasteiger partial charge is 0.325 e. The predicted octanol–water partition coefficient (Wildman–Crippen LogP) is 0.884. The van der Waals surface area contributed by atoms with Gasteiger partial charge in [0.1, 0.15) is 4.87 Å². The minimum atomic E-state index is -3.72. The summed E-state index contributed by atoms with van der Waals surface area (Å²) >= 11 is 5.87. The molecule has 17 heavy (non-hydrogen) atoms. The Balaban J connectivity index is 2.25. The Morgan fingerprint density at radius 3 is 2.29 bits per heavy atom. The third-order valence-corrected chi connectivity index (χ3v) is 4.37. The second-order valence-electron chi connectivity index (χ2n) is 4.04. The van der Waals surface area contributed by atoms with Crippen molar-refractivity contribution in [3.05, 3.63) is 29.8 Å². The number of nitrogens with two attached hydrogens (primary N) is 1. The van der Waals surface area contributed by atoms with Gasteiger partial charge in [-0.15, -0.1) is 11.6 Å². The van der Waals surface area contributed by atoms with Crippen LogP contribution in [-0.4, -0.2) is 24.4 Å². The van der Waals surface area contributed by atoms with Gasteiger partial charge < -0.3 is 5.11 Å². The molecule has 0 spiro atoms. The van der Waals surface area contributed by atoms with Gasteiger partial charge in [-0.2, -0.15) is 0 Å². The highest BCUT2D eigenvalue weighted by Gasteiger charge is 2.60. The SMILES string of the molecule is NS(=O)(=O)c1ccc(C2CC2(Cl)C(=O)O)cc1. The van der Waals surface area contributed by atoms with E-state index in [2.05, 4.69) is 0 Å². The minimum absolute atomic E-state index is 0.00241. The van der Waals surface area contributed by atoms with E-state index < -0.39 is 20.9 Å². The van der Waals surface area contributed by atoms with E-state index >= 15 is 0 Å². The summed E-state index contributed by atoms with van der Waals surface area (Å²) in [5, 5.41) is 13.8. The number of halogens is 1. The Kier molecular flexibility index (Phi) is 2.68. The topological polar surface area (TPSA) is 97.5 Å². The summed E-state index contributed by atoms with van der Waals surface area (Å²) in [6.07, 6.45) is 0.346. The van der Waals surface area contributed by atoms with Crippen LogP contribution in [0.5, 0.6) is 0 Å². The van der Waals surface area contributed by atoms with Crippen molar-refractivity contribution in [1.82, 2.24) is 0 Å². The Labute approximate surface area is 103 Å². The molecule has 0 saturated heterocycles. The molecule has 1 aromatic carbocycles. The van der Waals surface area contributed by atoms with E-state index in [1.54, 1.807) is 0 Å². The molecule has 0 heterocycles. The molecule has 1 aromatic rings. The van der Waals surface area contributed by atoms with Crippen molar-refractivity contribution in [1.29, 1.82) is 0 Å². The second kappa shape index (κ2) is 3.69. The van der Waals surface area contributed by atoms with Crippen LogP contribution in [0.25, 0.3) is 0 Å². The van der Waals surface area contributed by atoms with Crippen LogP contribution in [-0.2, 0) is 14.8 Å². The fourth-order valence-corrected chi connectivity index (χ4v) is 2.54. The number of sulfonamides is 1. The van der Waals surface area contributed by atoms with Gasteiger partial charge in [-0.25, -0.2) is 13.6 Å². The molecule has 0 aromatic heterocycles. The van der Waals surface area contributed by atoms with E-state index in [0.717, 1.165) is 0 Å². The molecule has 2 atom stereocenters. The van der Waals surface area contributed by atoms with E-state index in [9.17, 15) is 13.2 Å². The Morgan fingerprint density at radius 1 is 1.41 bits per heavy atom. The van der Waals surface area contributed by atoms with Crippen LogP contribution in [0.1, 0.15) is 17.9 Å². The maximum absolute atomic E-state index is 11.0. The number of aliphatic carboxylic acids is 1. The number of carbonyl (C=O) groups is 1. The first kappa shape index (κ1) is 12.3. The van der Waals surface area contributed by atoms with Crippen molar-refractivity contribution in [2.75, 3.05) is 0 Å². The number of benzene rings is 1. The third-order valence-electron chi connectivity index (χ3n) is 2.86. The number of hydrogen-bond donors (Lipinski definition) is 2. The lowest BCUT2D eigenvalue weighted by Gasteiger charge is -2.04. The van der Waals surface area contributed by atoms with E-state index in [-0.39, 0.29) is 10.8 Å². The van der Waals surface area contributed by atoms with Gasteiger partial charge in [-0.1, -0.05) is 12.1 Å². The van der Waals surface area contributed by atoms with Gasteiger partial charge in [0.05, 0.1) is 4.90 Å². The van der Waals surface area contributed by atoms with Gasteiger partial charge in [-0.3, -0.25) is 4.79 Å². The van der Waals surface area contributed by atoms with E-state index in [1.807, 2.05) is 0 Å². The van der Waals surface area contributed by atoms with Crippen LogP contribution in [0, 0.1) is 0 Å². The van der Waals surface area contributed by atoms with Crippen LogP contribution in [0.15, 0.2) is 29.2 Å². The molecule has 0 bridgehead atoms. The Morgan fingerprint density at radius 2 is 1.94 bits per heavy atom. The molecule has 92 valence electrons. The van der Waals surface area contributed by atoms with Crippen molar-refractivity contribution < 1.29 is 18.3 Å². The Hall–Kier alpha value is -1.11. The standard InChI is InChI=1S/C10H10ClNO4S/c11-10(9(13)14)5-8(10)6-1-3-7(4-2-6)17(12,15)16/h1-4,8H,5H2,(H,13,14)(H2,12,15,16). The lowest BCUT2D eigenvalue weighted by molar-refractivity contribution is -0.137. The molecule has 1 aliphatic carbocycles. The van der Waals surface area contributed by atoms with Gasteiger partial charge in [0, 0.05) is 5.92 Å². The lowest BCUT2D eigenvalue weighted by Crippen LogP contribution is -2.16. The number of primary sulfonamides is 1. The fourth-order valence-electron chi connectivity index (χ4n) is 1.75. The number of carboxylic acid groups (broad SMARTS) is 1. The van der Waals surface area contributed by atoms with Crippen molar-refractivity contribution in [2.24, 2.45) is 5.14 Å². The number of hydrogen-bond acceptors (Lipinski definition) is 3. The summed E-state index contributed by atoms with van der Waals surface area (Å²) in [6, 6.07) is 5.78. The van der Waals surface area contributed by atoms with E-state index in [0.29, 0.717) is 12.0 Å². The van der Waals surface area contributed by atoms with Crippen LogP contribution in [0.3, 0.4) is 0 Å². The molecule has 3 N–H and O–H groups in total. The molecule has 5 nitrogen and oxygen atoms in total. The number of rotatable bonds is 3. The van der Waals surface area contributed by atoms with Gasteiger partial charge in [0.25, 0.3) is 0 Å². The second-order valence-corrected chi connectivity index (χ2v) is 6.27. The van der Waals surface area contributed by atoms with Crippen LogP contribution in [0.2, 0.25) is 0 Å². The largest absolute Gasteiger partial charge is 0.480 e. The quantitative estimate of drug-likeness (QED) is 0.800. The Bertz CT molecular complexity index is 568. The number of carboxylic acids is 1. The summed E-state index contributed by atoms with van der Waals surface area (Å²) in [5.41, 5.74) is 0.704. The summed E-state index contributed by atoms with van der Waals surface area (Å²) < 4.78 is 22.0. The van der Waals surface area contributed by atoms with E-state index in [4.69, 9.17) is 21.8 Å². The highest BCUT2D eigenvalue weighted by molar-refractivity contribution is 7.89. The van der Waals surface area contributed by atoms with Crippen molar-refractivity contribution in [3.8, 4) is 0 Å². The van der Waals surface area contributed by atoms with Gasteiger partial charge in [0.15, 0.2) is 0 Å². The highest BCUT2D eigenvalue weighted by atomic mass is 35.5. The zero-order chi connectivity index (χ0) is 12.8. The van der Waals surface area contributed by atoms with Crippen molar-refractivity contribution >= 4 is 27.6 Å². The first-order valence-corrected chi connectivity index (χ1v) is 6.72. The third kappa shape index (κ3) is 2.15. The summed E-state index contributed by atoms with van der Waals surface area (Å²) in [6.45, 7) is 0. The maximum Gasteiger partial charge on any atom is 0.325 e. The first-order valence-electron chi connectivity index (χ1n) is 4.80. The first-order chi connectivity index (χ1) is 7.75. The molecule has 1 fully saturated rings. The molecular formula is C10H10ClNO4S. The zero-order valence-electron chi connectivity index (χ0n) is 8.63. The van der Waals surface area contributed by atoms with Crippen LogP contribution < -0.4 is 5.14 Å².